The predicted molar refractivity (Wildman–Crippen MR) is 113 cm³/mol. The summed E-state index contributed by atoms with van der Waals surface area (Å²) in [5.41, 5.74) is 1.10. The molecule has 0 amide bonds. The van der Waals surface area contributed by atoms with Gasteiger partial charge in [-0.1, -0.05) is 18.5 Å². The number of hydrogen-bond donors (Lipinski definition) is 0. The summed E-state index contributed by atoms with van der Waals surface area (Å²) < 4.78 is 5.93. The van der Waals surface area contributed by atoms with Gasteiger partial charge in [0.1, 0.15) is 17.1 Å². The Morgan fingerprint density at radius 1 is 1.18 bits per heavy atom. The number of nitrogens with zero attached hydrogens (tertiary/aromatic N) is 4. The van der Waals surface area contributed by atoms with Gasteiger partial charge < -0.3 is 14.5 Å². The highest BCUT2D eigenvalue weighted by molar-refractivity contribution is 6.29. The van der Waals surface area contributed by atoms with Crippen molar-refractivity contribution in [2.75, 3.05) is 31.1 Å². The zero-order valence-corrected chi connectivity index (χ0v) is 17.1. The molecular weight excluding hydrogens is 372 g/mol. The van der Waals surface area contributed by atoms with Gasteiger partial charge in [-0.3, -0.25) is 4.99 Å². The number of halogens is 1. The van der Waals surface area contributed by atoms with Crippen LogP contribution in [0.1, 0.15) is 32.6 Å². The summed E-state index contributed by atoms with van der Waals surface area (Å²) >= 11 is 6.05. The van der Waals surface area contributed by atoms with Crippen molar-refractivity contribution >= 4 is 23.5 Å². The lowest BCUT2D eigenvalue weighted by molar-refractivity contribution is 0.263. The topological polar surface area (TPSA) is 41.0 Å². The van der Waals surface area contributed by atoms with Crippen LogP contribution in [0.15, 0.2) is 41.5 Å². The van der Waals surface area contributed by atoms with Crippen LogP contribution in [0.4, 0.5) is 5.69 Å². The molecule has 1 unspecified atom stereocenters. The largest absolute Gasteiger partial charge is 0.494 e. The lowest BCUT2D eigenvalue weighted by atomic mass is 10.2. The molecule has 28 heavy (non-hydrogen) atoms. The zero-order valence-electron chi connectivity index (χ0n) is 16.4. The lowest BCUT2D eigenvalue weighted by Gasteiger charge is -2.29. The van der Waals surface area contributed by atoms with Crippen LogP contribution in [0.2, 0.25) is 5.15 Å². The van der Waals surface area contributed by atoms with E-state index in [1.807, 2.05) is 18.2 Å². The van der Waals surface area contributed by atoms with Crippen LogP contribution in [0, 0.1) is 0 Å². The number of aromatic nitrogens is 1. The van der Waals surface area contributed by atoms with Gasteiger partial charge in [0.2, 0.25) is 0 Å². The van der Waals surface area contributed by atoms with E-state index in [2.05, 4.69) is 40.0 Å². The van der Waals surface area contributed by atoms with E-state index in [9.17, 15) is 0 Å². The maximum Gasteiger partial charge on any atom is 0.129 e. The first-order valence-corrected chi connectivity index (χ1v) is 10.6. The van der Waals surface area contributed by atoms with Gasteiger partial charge in [-0.15, -0.1) is 0 Å². The Kier molecular flexibility index (Phi) is 6.13. The molecule has 2 aromatic rings. The lowest BCUT2D eigenvalue weighted by Crippen LogP contribution is -2.42. The number of likely N-dealkylation sites (tertiary alicyclic amines) is 1. The summed E-state index contributed by atoms with van der Waals surface area (Å²) in [5, 5.41) is 2.37. The molecule has 0 spiro atoms. The van der Waals surface area contributed by atoms with E-state index in [0.717, 1.165) is 48.0 Å². The fourth-order valence-corrected chi connectivity index (χ4v) is 4.01. The van der Waals surface area contributed by atoms with Crippen LogP contribution in [-0.4, -0.2) is 42.3 Å². The number of anilines is 1. The van der Waals surface area contributed by atoms with Gasteiger partial charge in [0.05, 0.1) is 18.2 Å². The maximum absolute atomic E-state index is 6.05. The smallest absolute Gasteiger partial charge is 0.129 e. The monoisotopic (exact) mass is 398 g/mol. The molecule has 4 rings (SSSR count). The molecular formula is C22H27ClN4O. The van der Waals surface area contributed by atoms with Crippen molar-refractivity contribution < 1.29 is 4.74 Å². The number of pyridine rings is 1. The maximum atomic E-state index is 6.05. The highest BCUT2D eigenvalue weighted by Gasteiger charge is 2.18. The van der Waals surface area contributed by atoms with Crippen LogP contribution in [0.3, 0.4) is 0 Å². The van der Waals surface area contributed by atoms with Crippen LogP contribution < -0.4 is 20.2 Å². The Bertz CT molecular complexity index is 909. The zero-order chi connectivity index (χ0) is 19.3. The molecule has 0 aliphatic carbocycles. The highest BCUT2D eigenvalue weighted by atomic mass is 35.5. The first kappa shape index (κ1) is 19.2. The summed E-state index contributed by atoms with van der Waals surface area (Å²) in [6.07, 6.45) is 8.57. The summed E-state index contributed by atoms with van der Waals surface area (Å²) in [7, 11) is 0. The van der Waals surface area contributed by atoms with Gasteiger partial charge in [-0.25, -0.2) is 4.98 Å². The minimum atomic E-state index is 0.0581. The summed E-state index contributed by atoms with van der Waals surface area (Å²) in [4.78, 5) is 13.7. The van der Waals surface area contributed by atoms with E-state index in [1.54, 1.807) is 6.20 Å². The molecule has 148 valence electrons. The van der Waals surface area contributed by atoms with Crippen LogP contribution in [0.5, 0.6) is 5.75 Å². The van der Waals surface area contributed by atoms with Crippen LogP contribution in [0.25, 0.3) is 6.20 Å². The highest BCUT2D eigenvalue weighted by Crippen LogP contribution is 2.24. The molecule has 2 aliphatic heterocycles. The van der Waals surface area contributed by atoms with Crippen molar-refractivity contribution in [1.29, 1.82) is 0 Å². The van der Waals surface area contributed by atoms with Crippen LogP contribution >= 0.6 is 11.6 Å². The Labute approximate surface area is 171 Å². The fraction of sp³-hybridized carbons (Fsp3) is 0.455. The first-order valence-electron chi connectivity index (χ1n) is 10.2. The molecule has 6 heteroatoms. The minimum Gasteiger partial charge on any atom is -0.494 e. The first-order chi connectivity index (χ1) is 13.7. The molecule has 1 fully saturated rings. The van der Waals surface area contributed by atoms with Gasteiger partial charge in [-0.05, 0) is 69.1 Å². The second-order valence-electron chi connectivity index (χ2n) is 7.36. The molecule has 2 aliphatic rings. The molecule has 5 nitrogen and oxygen atoms in total. The van der Waals surface area contributed by atoms with Gasteiger partial charge in [-0.2, -0.15) is 0 Å². The Hall–Kier alpha value is -2.11. The van der Waals surface area contributed by atoms with Crippen LogP contribution in [-0.2, 0) is 0 Å². The minimum absolute atomic E-state index is 0.0581. The molecule has 0 N–H and O–H groups in total. The molecule has 0 saturated carbocycles. The van der Waals surface area contributed by atoms with E-state index in [-0.39, 0.29) is 6.17 Å². The normalized spacial score (nSPS) is 19.1. The quantitative estimate of drug-likeness (QED) is 0.530. The molecule has 1 saturated heterocycles. The standard InChI is InChI=1S/C22H27ClN4O/c1-2-22-25-20-15-24-21(23)14-17(20)16-27(22)18-6-8-19(9-7-18)28-13-5-12-26-10-3-4-11-26/h6-9,14-16,22H,2-5,10-13H2,1H3. The van der Waals surface area contributed by atoms with Gasteiger partial charge in [0.25, 0.3) is 0 Å². The van der Waals surface area contributed by atoms with E-state index < -0.39 is 0 Å². The Balaban J connectivity index is 1.41. The number of hydrogen-bond acceptors (Lipinski definition) is 5. The van der Waals surface area contributed by atoms with Crippen molar-refractivity contribution in [2.24, 2.45) is 4.99 Å². The summed E-state index contributed by atoms with van der Waals surface area (Å²) in [6.45, 7) is 6.53. The van der Waals surface area contributed by atoms with E-state index in [1.165, 1.54) is 25.9 Å². The van der Waals surface area contributed by atoms with E-state index >= 15 is 0 Å². The van der Waals surface area contributed by atoms with Crippen molar-refractivity contribution in [3.63, 3.8) is 0 Å². The fourth-order valence-electron chi connectivity index (χ4n) is 3.84. The predicted octanol–water partition coefficient (Wildman–Crippen LogP) is 3.21. The summed E-state index contributed by atoms with van der Waals surface area (Å²) in [5.74, 6) is 0.916. The third-order valence-electron chi connectivity index (χ3n) is 5.35. The summed E-state index contributed by atoms with van der Waals surface area (Å²) in [6, 6.07) is 10.1. The van der Waals surface area contributed by atoms with Gasteiger partial charge in [0.15, 0.2) is 0 Å². The van der Waals surface area contributed by atoms with Gasteiger partial charge >= 0.3 is 0 Å². The van der Waals surface area contributed by atoms with Crippen molar-refractivity contribution in [1.82, 2.24) is 9.88 Å². The molecule has 0 radical (unpaired) electrons. The number of benzene rings is 1. The SMILES string of the molecule is CCC1N=c2cnc(Cl)cc2=CN1c1ccc(OCCCN2CCCC2)cc1. The third kappa shape index (κ3) is 4.47. The second-order valence-corrected chi connectivity index (χ2v) is 7.75. The Morgan fingerprint density at radius 3 is 2.71 bits per heavy atom. The number of fused-ring (bicyclic) bond motifs is 1. The average molecular weight is 399 g/mol. The third-order valence-corrected chi connectivity index (χ3v) is 5.56. The molecule has 3 heterocycles. The average Bonchev–Trinajstić information content (AvgIpc) is 3.24. The van der Waals surface area contributed by atoms with Crippen molar-refractivity contribution in [2.45, 2.75) is 38.8 Å². The number of ether oxygens (including phenoxy) is 1. The van der Waals surface area contributed by atoms with E-state index in [4.69, 9.17) is 21.3 Å². The molecule has 1 atom stereocenters. The van der Waals surface area contributed by atoms with Gasteiger partial charge in [0, 0.05) is 23.7 Å². The molecule has 0 bridgehead atoms. The van der Waals surface area contributed by atoms with E-state index in [0.29, 0.717) is 5.15 Å². The van der Waals surface area contributed by atoms with Crippen molar-refractivity contribution in [3.05, 3.63) is 52.3 Å². The number of rotatable bonds is 7. The second kappa shape index (κ2) is 8.93. The molecule has 1 aromatic heterocycles. The molecule has 1 aromatic carbocycles. The van der Waals surface area contributed by atoms with Crippen molar-refractivity contribution in [3.8, 4) is 5.75 Å². The Morgan fingerprint density at radius 2 is 1.96 bits per heavy atom.